The summed E-state index contributed by atoms with van der Waals surface area (Å²) in [6, 6.07) is -0.244. The Balaban J connectivity index is 2.06. The molecule has 8 heteroatoms. The van der Waals surface area contributed by atoms with Crippen LogP contribution >= 0.6 is 0 Å². The van der Waals surface area contributed by atoms with Crippen molar-refractivity contribution in [2.75, 3.05) is 13.1 Å². The van der Waals surface area contributed by atoms with Crippen molar-refractivity contribution in [3.8, 4) is 0 Å². The van der Waals surface area contributed by atoms with E-state index in [9.17, 15) is 13.2 Å². The summed E-state index contributed by atoms with van der Waals surface area (Å²) < 4.78 is 27.1. The van der Waals surface area contributed by atoms with Crippen molar-refractivity contribution >= 4 is 15.9 Å². The van der Waals surface area contributed by atoms with Crippen LogP contribution in [0.25, 0.3) is 0 Å². The lowest BCUT2D eigenvalue weighted by molar-refractivity contribution is -0.130. The number of hydrogen-bond acceptors (Lipinski definition) is 4. The molecule has 2 heterocycles. The average molecular weight is 300 g/mol. The van der Waals surface area contributed by atoms with Crippen LogP contribution in [0.1, 0.15) is 32.5 Å². The van der Waals surface area contributed by atoms with Gasteiger partial charge in [0.15, 0.2) is 5.03 Å². The van der Waals surface area contributed by atoms with E-state index in [1.807, 2.05) is 6.92 Å². The van der Waals surface area contributed by atoms with Crippen LogP contribution in [0.3, 0.4) is 0 Å². The predicted octanol–water partition coefficient (Wildman–Crippen LogP) is 0.261. The summed E-state index contributed by atoms with van der Waals surface area (Å²) in [6.07, 6.45) is 3.51. The van der Waals surface area contributed by atoms with E-state index < -0.39 is 10.0 Å². The second kappa shape index (κ2) is 5.92. The Morgan fingerprint density at radius 2 is 2.35 bits per heavy atom. The molecule has 2 rings (SSSR count). The number of carbonyl (C=O) groups is 1. The van der Waals surface area contributed by atoms with Crippen molar-refractivity contribution in [2.45, 2.75) is 44.2 Å². The van der Waals surface area contributed by atoms with Gasteiger partial charge in [0, 0.05) is 32.5 Å². The molecule has 0 unspecified atom stereocenters. The minimum atomic E-state index is -3.60. The number of aromatic nitrogens is 2. The first-order valence-corrected chi connectivity index (χ1v) is 8.22. The van der Waals surface area contributed by atoms with Crippen LogP contribution in [0.2, 0.25) is 0 Å². The summed E-state index contributed by atoms with van der Waals surface area (Å²) in [6.45, 7) is 4.51. The van der Waals surface area contributed by atoms with E-state index in [1.54, 1.807) is 4.90 Å². The summed E-state index contributed by atoms with van der Waals surface area (Å²) in [5.41, 5.74) is 0. The topological polar surface area (TPSA) is 95.2 Å². The van der Waals surface area contributed by atoms with Gasteiger partial charge in [-0.1, -0.05) is 6.92 Å². The zero-order valence-electron chi connectivity index (χ0n) is 11.7. The number of sulfonamides is 1. The monoisotopic (exact) mass is 300 g/mol. The van der Waals surface area contributed by atoms with Crippen LogP contribution in [-0.2, 0) is 21.2 Å². The number of nitrogens with one attached hydrogen (secondary N) is 2. The maximum Gasteiger partial charge on any atom is 0.257 e. The summed E-state index contributed by atoms with van der Waals surface area (Å²) in [7, 11) is -3.60. The molecular formula is C12H20N4O3S. The number of nitrogens with zero attached hydrogens (tertiary/aromatic N) is 2. The van der Waals surface area contributed by atoms with Gasteiger partial charge in [0.1, 0.15) is 5.82 Å². The van der Waals surface area contributed by atoms with Crippen molar-refractivity contribution < 1.29 is 13.2 Å². The lowest BCUT2D eigenvalue weighted by Crippen LogP contribution is -2.49. The lowest BCUT2D eigenvalue weighted by Gasteiger charge is -2.32. The molecule has 0 aromatic carbocycles. The van der Waals surface area contributed by atoms with Crippen molar-refractivity contribution in [3.05, 3.63) is 12.0 Å². The average Bonchev–Trinajstić information content (AvgIpc) is 2.88. The predicted molar refractivity (Wildman–Crippen MR) is 73.6 cm³/mol. The second-order valence-corrected chi connectivity index (χ2v) is 6.66. The molecule has 1 aromatic heterocycles. The Morgan fingerprint density at radius 1 is 1.60 bits per heavy atom. The highest BCUT2D eigenvalue weighted by Gasteiger charge is 2.27. The third-order valence-corrected chi connectivity index (χ3v) is 4.85. The summed E-state index contributed by atoms with van der Waals surface area (Å²) in [5.74, 6) is 0.614. The number of H-pyrrole nitrogens is 1. The van der Waals surface area contributed by atoms with E-state index in [0.29, 0.717) is 25.3 Å². The number of imidazole rings is 1. The molecule has 1 aliphatic rings. The van der Waals surface area contributed by atoms with Gasteiger partial charge >= 0.3 is 0 Å². The maximum absolute atomic E-state index is 12.2. The van der Waals surface area contributed by atoms with Gasteiger partial charge in [-0.15, -0.1) is 0 Å². The van der Waals surface area contributed by atoms with E-state index in [2.05, 4.69) is 14.7 Å². The Hall–Kier alpha value is -1.41. The summed E-state index contributed by atoms with van der Waals surface area (Å²) >= 11 is 0. The first kappa shape index (κ1) is 15.0. The quantitative estimate of drug-likeness (QED) is 0.834. The molecule has 0 radical (unpaired) electrons. The second-order valence-electron chi connectivity index (χ2n) is 4.97. The molecule has 1 aromatic rings. The molecular weight excluding hydrogens is 280 g/mol. The van der Waals surface area contributed by atoms with Crippen LogP contribution < -0.4 is 4.72 Å². The molecule has 7 nitrogen and oxygen atoms in total. The molecule has 0 bridgehead atoms. The van der Waals surface area contributed by atoms with Gasteiger partial charge in [-0.3, -0.25) is 4.79 Å². The van der Waals surface area contributed by atoms with E-state index in [1.165, 1.54) is 13.1 Å². The Kier molecular flexibility index (Phi) is 4.44. The van der Waals surface area contributed by atoms with E-state index >= 15 is 0 Å². The largest absolute Gasteiger partial charge is 0.341 e. The van der Waals surface area contributed by atoms with Gasteiger partial charge in [0.2, 0.25) is 5.91 Å². The highest BCUT2D eigenvalue weighted by atomic mass is 32.2. The van der Waals surface area contributed by atoms with Gasteiger partial charge in [0.25, 0.3) is 10.0 Å². The zero-order valence-corrected chi connectivity index (χ0v) is 12.5. The number of amides is 1. The van der Waals surface area contributed by atoms with Crippen molar-refractivity contribution in [1.82, 2.24) is 19.6 Å². The Bertz CT molecular complexity index is 581. The third-order valence-electron chi connectivity index (χ3n) is 3.42. The molecule has 1 aliphatic heterocycles. The van der Waals surface area contributed by atoms with Gasteiger partial charge in [-0.05, 0) is 12.8 Å². The lowest BCUT2D eigenvalue weighted by atomic mass is 10.1. The standard InChI is InChI=1S/C12H20N4O3S/c1-3-11-13-7-12(14-11)20(18,19)15-10-5-4-6-16(8-10)9(2)17/h7,10,15H,3-6,8H2,1-2H3,(H,13,14)/t10-/m0/s1. The summed E-state index contributed by atoms with van der Waals surface area (Å²) in [4.78, 5) is 19.8. The van der Waals surface area contributed by atoms with E-state index in [4.69, 9.17) is 0 Å². The van der Waals surface area contributed by atoms with E-state index in [0.717, 1.165) is 12.8 Å². The SMILES string of the molecule is CCc1ncc(S(=O)(=O)N[C@H]2CCCN(C(C)=O)C2)[nH]1. The summed E-state index contributed by atoms with van der Waals surface area (Å²) in [5, 5.41) is 0.0781. The first-order chi connectivity index (χ1) is 9.42. The highest BCUT2D eigenvalue weighted by molar-refractivity contribution is 7.89. The van der Waals surface area contributed by atoms with Crippen LogP contribution in [0.15, 0.2) is 11.2 Å². The van der Waals surface area contributed by atoms with Crippen molar-refractivity contribution in [2.24, 2.45) is 0 Å². The molecule has 1 atom stereocenters. The molecule has 2 N–H and O–H groups in total. The fourth-order valence-corrected chi connectivity index (χ4v) is 3.50. The van der Waals surface area contributed by atoms with Crippen molar-refractivity contribution in [1.29, 1.82) is 0 Å². The number of hydrogen-bond donors (Lipinski definition) is 2. The Labute approximate surface area is 118 Å². The highest BCUT2D eigenvalue weighted by Crippen LogP contribution is 2.14. The molecule has 1 fully saturated rings. The smallest absolute Gasteiger partial charge is 0.257 e. The van der Waals surface area contributed by atoms with Crippen LogP contribution in [-0.4, -0.2) is 48.3 Å². The minimum Gasteiger partial charge on any atom is -0.341 e. The fourth-order valence-electron chi connectivity index (χ4n) is 2.30. The number of carbonyl (C=O) groups excluding carboxylic acids is 1. The molecule has 0 saturated carbocycles. The molecule has 20 heavy (non-hydrogen) atoms. The molecule has 0 aliphatic carbocycles. The van der Waals surface area contributed by atoms with Crippen LogP contribution in [0.5, 0.6) is 0 Å². The van der Waals surface area contributed by atoms with Gasteiger partial charge in [0.05, 0.1) is 6.20 Å². The van der Waals surface area contributed by atoms with Crippen molar-refractivity contribution in [3.63, 3.8) is 0 Å². The molecule has 112 valence electrons. The Morgan fingerprint density at radius 3 is 2.95 bits per heavy atom. The van der Waals surface area contributed by atoms with E-state index in [-0.39, 0.29) is 17.0 Å². The molecule has 1 amide bonds. The first-order valence-electron chi connectivity index (χ1n) is 6.74. The number of aromatic amines is 1. The van der Waals surface area contributed by atoms with Gasteiger partial charge < -0.3 is 9.88 Å². The number of rotatable bonds is 4. The molecule has 1 saturated heterocycles. The normalized spacial score (nSPS) is 20.1. The fraction of sp³-hybridized carbons (Fsp3) is 0.667. The van der Waals surface area contributed by atoms with Crippen LogP contribution in [0, 0.1) is 0 Å². The maximum atomic E-state index is 12.2. The number of piperidine rings is 1. The van der Waals surface area contributed by atoms with Gasteiger partial charge in [-0.25, -0.2) is 18.1 Å². The number of likely N-dealkylation sites (tertiary alicyclic amines) is 1. The van der Waals surface area contributed by atoms with Gasteiger partial charge in [-0.2, -0.15) is 0 Å². The van der Waals surface area contributed by atoms with Crippen LogP contribution in [0.4, 0.5) is 0 Å². The minimum absolute atomic E-state index is 0.0243. The molecule has 0 spiro atoms. The zero-order chi connectivity index (χ0) is 14.8. The third kappa shape index (κ3) is 3.37. The number of aryl methyl sites for hydroxylation is 1.